The minimum absolute atomic E-state index is 0.0546. The van der Waals surface area contributed by atoms with Crippen LogP contribution in [0.5, 0.6) is 5.75 Å². The van der Waals surface area contributed by atoms with Gasteiger partial charge < -0.3 is 4.74 Å². The van der Waals surface area contributed by atoms with E-state index in [0.717, 1.165) is 12.5 Å². The molecule has 11 nitrogen and oxygen atoms in total. The van der Waals surface area contributed by atoms with Crippen molar-refractivity contribution in [1.82, 2.24) is 25.5 Å². The number of thiocarbonyl (C=S) groups is 1. The summed E-state index contributed by atoms with van der Waals surface area (Å²) in [4.78, 5) is 23.9. The number of rotatable bonds is 6. The molecular formula is C13H15N7O4S. The van der Waals surface area contributed by atoms with Gasteiger partial charge in [-0.3, -0.25) is 25.5 Å². The van der Waals surface area contributed by atoms with Crippen LogP contribution in [0.1, 0.15) is 23.7 Å². The molecule has 0 spiro atoms. The standard InChI is InChI=1S/C13H15N7O4S/c1-3-6-19-17-12(16-18-19)15-13(25)14-11(21)8-4-5-10(24-2)9(7-8)20(22)23/h4-5,7H,3,6H2,1-2H3,(H2,14,15,17,21,25). The monoisotopic (exact) mass is 365 g/mol. The van der Waals surface area contributed by atoms with Gasteiger partial charge in [0.05, 0.1) is 18.6 Å². The van der Waals surface area contributed by atoms with Gasteiger partial charge in [-0.15, -0.1) is 5.10 Å². The topological polar surface area (TPSA) is 137 Å². The first-order valence-corrected chi connectivity index (χ1v) is 7.58. The van der Waals surface area contributed by atoms with Crippen LogP contribution in [-0.4, -0.2) is 43.3 Å². The molecule has 1 aromatic carbocycles. The summed E-state index contributed by atoms with van der Waals surface area (Å²) in [6.45, 7) is 2.57. The Kier molecular flexibility index (Phi) is 5.89. The number of benzene rings is 1. The summed E-state index contributed by atoms with van der Waals surface area (Å²) in [5, 5.41) is 27.5. The smallest absolute Gasteiger partial charge is 0.311 e. The second-order valence-electron chi connectivity index (χ2n) is 4.76. The zero-order valence-electron chi connectivity index (χ0n) is 13.4. The van der Waals surface area contributed by atoms with E-state index in [9.17, 15) is 14.9 Å². The van der Waals surface area contributed by atoms with Gasteiger partial charge >= 0.3 is 5.69 Å². The van der Waals surface area contributed by atoms with E-state index in [4.69, 9.17) is 17.0 Å². The predicted octanol–water partition coefficient (Wildman–Crippen LogP) is 1.13. The van der Waals surface area contributed by atoms with Gasteiger partial charge in [-0.25, -0.2) is 0 Å². The number of anilines is 1. The molecule has 0 bridgehead atoms. The molecule has 2 N–H and O–H groups in total. The lowest BCUT2D eigenvalue weighted by Crippen LogP contribution is -2.34. The number of ether oxygens (including phenoxy) is 1. The molecule has 0 atom stereocenters. The second kappa shape index (κ2) is 8.10. The molecule has 1 amide bonds. The number of nitro groups is 1. The maximum Gasteiger partial charge on any atom is 0.311 e. The molecule has 0 saturated heterocycles. The van der Waals surface area contributed by atoms with E-state index >= 15 is 0 Å². The molecule has 0 aliphatic rings. The highest BCUT2D eigenvalue weighted by Gasteiger charge is 2.19. The number of hydrogen-bond acceptors (Lipinski definition) is 8. The highest BCUT2D eigenvalue weighted by Crippen LogP contribution is 2.27. The van der Waals surface area contributed by atoms with Gasteiger partial charge in [0.2, 0.25) is 0 Å². The Balaban J connectivity index is 2.04. The summed E-state index contributed by atoms with van der Waals surface area (Å²) in [5.41, 5.74) is -0.266. The van der Waals surface area contributed by atoms with E-state index in [2.05, 4.69) is 26.0 Å². The predicted molar refractivity (Wildman–Crippen MR) is 91.4 cm³/mol. The lowest BCUT2D eigenvalue weighted by atomic mass is 10.2. The zero-order chi connectivity index (χ0) is 18.4. The molecule has 1 aromatic heterocycles. The summed E-state index contributed by atoms with van der Waals surface area (Å²) in [5.74, 6) is -0.428. The molecule has 1 heterocycles. The quantitative estimate of drug-likeness (QED) is 0.438. The van der Waals surface area contributed by atoms with E-state index in [1.54, 1.807) is 0 Å². The number of methoxy groups -OCH3 is 1. The fourth-order valence-electron chi connectivity index (χ4n) is 1.87. The van der Waals surface area contributed by atoms with Gasteiger partial charge in [-0.2, -0.15) is 4.80 Å². The van der Waals surface area contributed by atoms with E-state index in [1.807, 2.05) is 6.92 Å². The number of amides is 1. The van der Waals surface area contributed by atoms with Crippen LogP contribution in [0.15, 0.2) is 18.2 Å². The number of carbonyl (C=O) groups is 1. The van der Waals surface area contributed by atoms with Crippen molar-refractivity contribution in [3.05, 3.63) is 33.9 Å². The molecule has 0 aliphatic heterocycles. The van der Waals surface area contributed by atoms with E-state index in [0.29, 0.717) is 6.54 Å². The first-order valence-electron chi connectivity index (χ1n) is 7.17. The van der Waals surface area contributed by atoms with Gasteiger partial charge in [0, 0.05) is 11.6 Å². The van der Waals surface area contributed by atoms with Crippen LogP contribution in [0.3, 0.4) is 0 Å². The first-order chi connectivity index (χ1) is 11.9. The molecule has 132 valence electrons. The number of nitro benzene ring substituents is 1. The van der Waals surface area contributed by atoms with Crippen molar-refractivity contribution in [2.45, 2.75) is 19.9 Å². The third kappa shape index (κ3) is 4.67. The minimum atomic E-state index is -0.637. The van der Waals surface area contributed by atoms with Gasteiger partial charge in [0.25, 0.3) is 11.9 Å². The van der Waals surface area contributed by atoms with Gasteiger partial charge in [-0.1, -0.05) is 12.0 Å². The molecule has 0 radical (unpaired) electrons. The van der Waals surface area contributed by atoms with Crippen molar-refractivity contribution in [3.63, 3.8) is 0 Å². The normalized spacial score (nSPS) is 10.2. The molecule has 25 heavy (non-hydrogen) atoms. The first kappa shape index (κ1) is 18.2. The van der Waals surface area contributed by atoms with E-state index < -0.39 is 10.8 Å². The summed E-state index contributed by atoms with van der Waals surface area (Å²) in [7, 11) is 1.31. The number of nitrogens with zero attached hydrogens (tertiary/aromatic N) is 5. The van der Waals surface area contributed by atoms with Crippen molar-refractivity contribution in [2.75, 3.05) is 12.4 Å². The molecule has 2 rings (SSSR count). The number of aryl methyl sites for hydroxylation is 1. The highest BCUT2D eigenvalue weighted by atomic mass is 32.1. The lowest BCUT2D eigenvalue weighted by molar-refractivity contribution is -0.385. The number of hydrogen-bond donors (Lipinski definition) is 2. The Hall–Kier alpha value is -3.15. The molecule has 12 heteroatoms. The third-order valence-electron chi connectivity index (χ3n) is 2.97. The molecule has 0 fully saturated rings. The maximum atomic E-state index is 12.2. The summed E-state index contributed by atoms with van der Waals surface area (Å²) < 4.78 is 4.89. The summed E-state index contributed by atoms with van der Waals surface area (Å²) in [6.07, 6.45) is 0.841. The van der Waals surface area contributed by atoms with Gasteiger partial charge in [-0.05, 0) is 36.0 Å². The SMILES string of the molecule is CCCn1nnc(NC(=S)NC(=O)c2ccc(OC)c([N+](=O)[O-])c2)n1. The molecular weight excluding hydrogens is 350 g/mol. The lowest BCUT2D eigenvalue weighted by Gasteiger charge is -2.07. The fraction of sp³-hybridized carbons (Fsp3) is 0.308. The maximum absolute atomic E-state index is 12.2. The van der Waals surface area contributed by atoms with Crippen LogP contribution >= 0.6 is 12.2 Å². The van der Waals surface area contributed by atoms with Crippen LogP contribution in [-0.2, 0) is 6.54 Å². The van der Waals surface area contributed by atoms with Crippen LogP contribution < -0.4 is 15.4 Å². The van der Waals surface area contributed by atoms with Crippen LogP contribution in [0.25, 0.3) is 0 Å². The van der Waals surface area contributed by atoms with E-state index in [1.165, 1.54) is 24.0 Å². The van der Waals surface area contributed by atoms with Crippen molar-refractivity contribution in [1.29, 1.82) is 0 Å². The van der Waals surface area contributed by atoms with Crippen molar-refractivity contribution < 1.29 is 14.5 Å². The number of tetrazole rings is 1. The van der Waals surface area contributed by atoms with E-state index in [-0.39, 0.29) is 28.1 Å². The van der Waals surface area contributed by atoms with Crippen molar-refractivity contribution >= 4 is 34.9 Å². The van der Waals surface area contributed by atoms with Crippen LogP contribution in [0.4, 0.5) is 11.6 Å². The minimum Gasteiger partial charge on any atom is -0.490 e. The summed E-state index contributed by atoms with van der Waals surface area (Å²) >= 11 is 5.00. The third-order valence-corrected chi connectivity index (χ3v) is 3.17. The molecule has 2 aromatic rings. The average Bonchev–Trinajstić information content (AvgIpc) is 3.01. The Labute approximate surface area is 147 Å². The number of aromatic nitrogens is 4. The Morgan fingerprint density at radius 3 is 2.88 bits per heavy atom. The van der Waals surface area contributed by atoms with Crippen molar-refractivity contribution in [3.8, 4) is 5.75 Å². The summed E-state index contributed by atoms with van der Waals surface area (Å²) in [6, 6.07) is 3.83. The molecule has 0 unspecified atom stereocenters. The molecule has 0 saturated carbocycles. The largest absolute Gasteiger partial charge is 0.490 e. The molecule has 0 aliphatic carbocycles. The Morgan fingerprint density at radius 2 is 2.24 bits per heavy atom. The van der Waals surface area contributed by atoms with Gasteiger partial charge in [0.15, 0.2) is 10.9 Å². The van der Waals surface area contributed by atoms with Crippen LogP contribution in [0, 0.1) is 10.1 Å². The second-order valence-corrected chi connectivity index (χ2v) is 5.17. The number of carbonyl (C=O) groups excluding carboxylic acids is 1. The average molecular weight is 365 g/mol. The highest BCUT2D eigenvalue weighted by molar-refractivity contribution is 7.80. The zero-order valence-corrected chi connectivity index (χ0v) is 14.2. The number of nitrogens with one attached hydrogen (secondary N) is 2. The fourth-order valence-corrected chi connectivity index (χ4v) is 2.05. The van der Waals surface area contributed by atoms with Crippen LogP contribution in [0.2, 0.25) is 0 Å². The van der Waals surface area contributed by atoms with Crippen molar-refractivity contribution in [2.24, 2.45) is 0 Å². The Morgan fingerprint density at radius 1 is 1.48 bits per heavy atom. The van der Waals surface area contributed by atoms with Gasteiger partial charge in [0.1, 0.15) is 0 Å². The Bertz CT molecular complexity index is 807.